The Kier molecular flexibility index (Phi) is 5.64. The van der Waals surface area contributed by atoms with Gasteiger partial charge in [0, 0.05) is 40.4 Å². The molecular formula is C32H24N8O2. The molecule has 0 saturated heterocycles. The van der Waals surface area contributed by atoms with Gasteiger partial charge in [-0.3, -0.25) is 18.8 Å². The van der Waals surface area contributed by atoms with Gasteiger partial charge in [0.1, 0.15) is 5.56 Å². The number of anilines is 1. The molecule has 0 unspecified atom stereocenters. The lowest BCUT2D eigenvalue weighted by molar-refractivity contribution is 0.0941. The highest BCUT2D eigenvalue weighted by molar-refractivity contribution is 6.05. The number of nitrogens with one attached hydrogen (secondary N) is 1. The second-order valence-corrected chi connectivity index (χ2v) is 9.55. The molecule has 1 atom stereocenters. The van der Waals surface area contributed by atoms with Crippen LogP contribution in [0.2, 0.25) is 0 Å². The summed E-state index contributed by atoms with van der Waals surface area (Å²) in [7, 11) is 0. The van der Waals surface area contributed by atoms with Crippen molar-refractivity contribution >= 4 is 28.0 Å². The zero-order chi connectivity index (χ0) is 31.9. The van der Waals surface area contributed by atoms with E-state index in [-0.39, 0.29) is 16.9 Å². The smallest absolute Gasteiger partial charge is 0.264 e. The zero-order valence-electron chi connectivity index (χ0n) is 25.2. The Morgan fingerprint density at radius 3 is 2.69 bits per heavy atom. The first kappa shape index (κ1) is 22.7. The molecule has 0 aliphatic carbocycles. The highest BCUT2D eigenvalue weighted by Crippen LogP contribution is 2.25. The van der Waals surface area contributed by atoms with Gasteiger partial charge in [-0.25, -0.2) is 4.52 Å². The van der Waals surface area contributed by atoms with Crippen molar-refractivity contribution in [3.8, 4) is 23.6 Å². The van der Waals surface area contributed by atoms with Crippen LogP contribution in [0.25, 0.3) is 22.0 Å². The molecule has 6 rings (SSSR count). The number of nitrogens with two attached hydrogens (primary N) is 1. The third kappa shape index (κ3) is 4.63. The van der Waals surface area contributed by atoms with Gasteiger partial charge in [-0.05, 0) is 48.7 Å². The van der Waals surface area contributed by atoms with Crippen molar-refractivity contribution in [3.63, 3.8) is 0 Å². The summed E-state index contributed by atoms with van der Waals surface area (Å²) in [6.45, 7) is -0.672. The van der Waals surface area contributed by atoms with Gasteiger partial charge in [-0.2, -0.15) is 10.4 Å². The fourth-order valence-corrected chi connectivity index (χ4v) is 4.88. The van der Waals surface area contributed by atoms with Crippen LogP contribution >= 0.6 is 0 Å². The van der Waals surface area contributed by atoms with E-state index in [9.17, 15) is 14.9 Å². The number of hydrogen-bond donors (Lipinski definition) is 2. The minimum Gasteiger partial charge on any atom is -0.382 e. The molecule has 42 heavy (non-hydrogen) atoms. The summed E-state index contributed by atoms with van der Waals surface area (Å²) in [5.74, 6) is 5.40. The average molecular weight is 556 g/mol. The first-order valence-electron chi connectivity index (χ1n) is 14.4. The summed E-state index contributed by atoms with van der Waals surface area (Å²) in [5.41, 5.74) is 8.51. The van der Waals surface area contributed by atoms with Crippen molar-refractivity contribution in [2.24, 2.45) is 6.98 Å². The summed E-state index contributed by atoms with van der Waals surface area (Å²) >= 11 is 0. The molecule has 0 aliphatic heterocycles. The molecule has 0 fully saturated rings. The number of amides is 1. The van der Waals surface area contributed by atoms with Crippen molar-refractivity contribution in [1.82, 2.24) is 29.3 Å². The summed E-state index contributed by atoms with van der Waals surface area (Å²) in [6.07, 6.45) is 4.24. The number of nitrogen functional groups attached to an aromatic ring is 1. The van der Waals surface area contributed by atoms with Crippen molar-refractivity contribution in [3.05, 3.63) is 124 Å². The Balaban J connectivity index is 1.45. The molecule has 10 nitrogen and oxygen atoms in total. The van der Waals surface area contributed by atoms with E-state index in [1.54, 1.807) is 61.7 Å². The first-order valence-corrected chi connectivity index (χ1v) is 12.9. The van der Waals surface area contributed by atoms with E-state index in [1.807, 2.05) is 12.1 Å². The first-order chi connectivity index (χ1) is 21.5. The van der Waals surface area contributed by atoms with E-state index in [0.29, 0.717) is 44.4 Å². The second kappa shape index (κ2) is 10.5. The van der Waals surface area contributed by atoms with Gasteiger partial charge >= 0.3 is 0 Å². The Bertz CT molecular complexity index is 2280. The van der Waals surface area contributed by atoms with Crippen LogP contribution in [0.1, 0.15) is 49.8 Å². The van der Waals surface area contributed by atoms with E-state index in [2.05, 4.69) is 33.4 Å². The Labute approximate surface area is 244 Å². The number of aromatic nitrogens is 5. The Hall–Kier alpha value is -6.13. The van der Waals surface area contributed by atoms with Crippen LogP contribution in [0, 0.1) is 23.2 Å². The van der Waals surface area contributed by atoms with E-state index in [1.165, 1.54) is 27.5 Å². The van der Waals surface area contributed by atoms with E-state index in [4.69, 9.17) is 9.85 Å². The molecule has 0 saturated carbocycles. The van der Waals surface area contributed by atoms with Crippen LogP contribution < -0.4 is 16.6 Å². The lowest BCUT2D eigenvalue weighted by atomic mass is 10.0. The van der Waals surface area contributed by atoms with Crippen molar-refractivity contribution in [2.75, 3.05) is 5.73 Å². The number of carbonyl (C=O) groups is 1. The van der Waals surface area contributed by atoms with Gasteiger partial charge in [0.25, 0.3) is 11.5 Å². The topological polar surface area (TPSA) is 136 Å². The van der Waals surface area contributed by atoms with Gasteiger partial charge in [0.05, 0.1) is 40.3 Å². The van der Waals surface area contributed by atoms with Crippen LogP contribution in [0.15, 0.2) is 90.1 Å². The van der Waals surface area contributed by atoms with Crippen LogP contribution in [-0.4, -0.2) is 29.9 Å². The summed E-state index contributed by atoms with van der Waals surface area (Å²) in [6, 6.07) is 20.6. The fraction of sp³-hybridized carbons (Fsp3) is 0.0938. The van der Waals surface area contributed by atoms with Gasteiger partial charge in [0.2, 0.25) is 0 Å². The second-order valence-electron chi connectivity index (χ2n) is 9.55. The minimum absolute atomic E-state index is 0.00128. The molecule has 2 aromatic carbocycles. The maximum absolute atomic E-state index is 14.3. The number of pyridine rings is 2. The van der Waals surface area contributed by atoms with Crippen LogP contribution in [0.4, 0.5) is 5.82 Å². The molecule has 4 heterocycles. The van der Waals surface area contributed by atoms with E-state index >= 15 is 0 Å². The lowest BCUT2D eigenvalue weighted by Crippen LogP contribution is -2.32. The normalized spacial score (nSPS) is 12.9. The molecule has 0 bridgehead atoms. The molecule has 10 heteroatoms. The quantitative estimate of drug-likeness (QED) is 0.318. The molecule has 6 aromatic rings. The Morgan fingerprint density at radius 1 is 1.10 bits per heavy atom. The van der Waals surface area contributed by atoms with E-state index < -0.39 is 18.9 Å². The standard InChI is InChI=1S/C32H24N8O2/c1-20(36-31(41)29-27-15-21(17-33)13-14-39(27)37-30(29)34)26-16-24-8-6-7-23(12-11-22-18-35-38(2)19-22)28(24)32(42)40(26)25-9-4-3-5-10-25/h3-10,13-16,18-20H,1-2H3,(H2,34,37)(H,36,41)/t20-/m0/s1/i2D3. The third-order valence-corrected chi connectivity index (χ3v) is 6.82. The number of benzene rings is 2. The summed E-state index contributed by atoms with van der Waals surface area (Å²) < 4.78 is 26.4. The average Bonchev–Trinajstić information content (AvgIpc) is 3.64. The summed E-state index contributed by atoms with van der Waals surface area (Å²) in [4.78, 5) is 27.8. The van der Waals surface area contributed by atoms with Gasteiger partial charge in [-0.15, -0.1) is 5.10 Å². The van der Waals surface area contributed by atoms with Crippen LogP contribution in [0.5, 0.6) is 0 Å². The molecule has 0 aliphatic rings. The molecule has 0 radical (unpaired) electrons. The Morgan fingerprint density at radius 2 is 1.93 bits per heavy atom. The predicted octanol–water partition coefficient (Wildman–Crippen LogP) is 3.72. The number of nitrogens with zero attached hydrogens (tertiary/aromatic N) is 6. The van der Waals surface area contributed by atoms with Gasteiger partial charge < -0.3 is 11.1 Å². The fourth-order valence-electron chi connectivity index (χ4n) is 4.88. The molecule has 3 N–H and O–H groups in total. The maximum Gasteiger partial charge on any atom is 0.264 e. The lowest BCUT2D eigenvalue weighted by Gasteiger charge is -2.21. The SMILES string of the molecule is [2H]C([2H])([2H])n1cc(C#Cc2cccc3cc([C@H](C)NC(=O)c4c(N)nn5ccc(C#N)cc45)n(-c4ccccc4)c(=O)c23)cn1. The molecule has 1 amide bonds. The highest BCUT2D eigenvalue weighted by atomic mass is 16.2. The number of para-hydroxylation sites is 1. The molecule has 0 spiro atoms. The number of fused-ring (bicyclic) bond motifs is 2. The number of aryl methyl sites for hydroxylation is 1. The van der Waals surface area contributed by atoms with Crippen LogP contribution in [-0.2, 0) is 6.98 Å². The van der Waals surface area contributed by atoms with Gasteiger partial charge in [-0.1, -0.05) is 42.2 Å². The van der Waals surface area contributed by atoms with Crippen molar-refractivity contribution in [1.29, 1.82) is 5.26 Å². The van der Waals surface area contributed by atoms with Crippen LogP contribution in [0.3, 0.4) is 0 Å². The number of hydrogen-bond acceptors (Lipinski definition) is 6. The minimum atomic E-state index is -2.43. The molecular weight excluding hydrogens is 528 g/mol. The maximum atomic E-state index is 14.3. The number of nitriles is 1. The largest absolute Gasteiger partial charge is 0.382 e. The predicted molar refractivity (Wildman–Crippen MR) is 159 cm³/mol. The third-order valence-electron chi connectivity index (χ3n) is 6.82. The van der Waals surface area contributed by atoms with Gasteiger partial charge in [0.15, 0.2) is 5.82 Å². The monoisotopic (exact) mass is 555 g/mol. The molecule has 4 aromatic heterocycles. The van der Waals surface area contributed by atoms with Crippen molar-refractivity contribution in [2.45, 2.75) is 13.0 Å². The number of rotatable bonds is 4. The number of carbonyl (C=O) groups excluding carboxylic acids is 1. The summed E-state index contributed by atoms with van der Waals surface area (Å²) in [5, 5.41) is 21.3. The zero-order valence-corrected chi connectivity index (χ0v) is 22.2. The van der Waals surface area contributed by atoms with E-state index in [0.717, 1.165) is 4.68 Å². The molecule has 204 valence electrons. The highest BCUT2D eigenvalue weighted by Gasteiger charge is 2.23. The van der Waals surface area contributed by atoms with Crippen molar-refractivity contribution < 1.29 is 8.91 Å².